The van der Waals surface area contributed by atoms with Gasteiger partial charge in [-0.05, 0) is 49.5 Å². The Morgan fingerprint density at radius 3 is 2.65 bits per heavy atom. The molecular weight excluding hydrogens is 716 g/mol. The predicted molar refractivity (Wildman–Crippen MR) is 188 cm³/mol. The van der Waals surface area contributed by atoms with Crippen molar-refractivity contribution < 1.29 is 37.5 Å². The maximum atomic E-state index is 15.4. The molecule has 270 valence electrons. The predicted octanol–water partition coefficient (Wildman–Crippen LogP) is 5.84. The summed E-state index contributed by atoms with van der Waals surface area (Å²) in [6.45, 7) is 2.76. The zero-order valence-electron chi connectivity index (χ0n) is 28.6. The first-order valence-corrected chi connectivity index (χ1v) is 17.2. The summed E-state index contributed by atoms with van der Waals surface area (Å²) in [5.74, 6) is -2.91. The lowest BCUT2D eigenvalue weighted by molar-refractivity contribution is -0.753. The molecule has 0 saturated carbocycles. The Kier molecular flexibility index (Phi) is 12.0. The van der Waals surface area contributed by atoms with Crippen molar-refractivity contribution >= 4 is 40.7 Å². The number of esters is 1. The Morgan fingerprint density at radius 2 is 1.94 bits per heavy atom. The van der Waals surface area contributed by atoms with Gasteiger partial charge in [-0.3, -0.25) is 9.69 Å². The SMILES string of the molecule is CNCC(=O)OCc1c(Cl)cccc1N(C)C(=O)OC(C)[n+]1cnn(CC(O)(c2cc(F)ccc2F)C(C)c2nc(-c3ccc(C#N)cc3)cs2)c1. The number of hydrogen-bond donors (Lipinski definition) is 2. The number of aromatic nitrogens is 4. The fourth-order valence-corrected chi connectivity index (χ4v) is 6.61. The van der Waals surface area contributed by atoms with Crippen LogP contribution in [-0.4, -0.2) is 52.6 Å². The molecule has 16 heteroatoms. The summed E-state index contributed by atoms with van der Waals surface area (Å²) in [6, 6.07) is 16.7. The quantitative estimate of drug-likeness (QED) is 0.112. The third-order valence-corrected chi connectivity index (χ3v) is 9.82. The van der Waals surface area contributed by atoms with Gasteiger partial charge in [-0.2, -0.15) is 9.83 Å². The number of thiazole rings is 1. The van der Waals surface area contributed by atoms with Gasteiger partial charge in [-0.1, -0.05) is 36.7 Å². The molecule has 0 aliphatic rings. The number of rotatable bonds is 13. The molecule has 0 bridgehead atoms. The van der Waals surface area contributed by atoms with Gasteiger partial charge in [0.1, 0.15) is 30.4 Å². The average Bonchev–Trinajstić information content (AvgIpc) is 3.82. The van der Waals surface area contributed by atoms with Crippen LogP contribution >= 0.6 is 22.9 Å². The Balaban J connectivity index is 1.36. The molecule has 1 amide bonds. The number of hydrogen-bond acceptors (Lipinski definition) is 10. The second kappa shape index (κ2) is 16.4. The minimum Gasteiger partial charge on any atom is -0.460 e. The number of carbonyl (C=O) groups is 2. The van der Waals surface area contributed by atoms with Crippen molar-refractivity contribution in [3.8, 4) is 17.3 Å². The highest BCUT2D eigenvalue weighted by Crippen LogP contribution is 2.41. The van der Waals surface area contributed by atoms with Crippen molar-refractivity contribution in [2.75, 3.05) is 25.5 Å². The number of nitrogens with one attached hydrogen (secondary N) is 1. The highest BCUT2D eigenvalue weighted by molar-refractivity contribution is 7.10. The molecule has 12 nitrogen and oxygen atoms in total. The van der Waals surface area contributed by atoms with E-state index in [1.54, 1.807) is 68.7 Å². The molecule has 2 aromatic heterocycles. The van der Waals surface area contributed by atoms with E-state index in [9.17, 15) is 19.1 Å². The molecule has 2 N–H and O–H groups in total. The van der Waals surface area contributed by atoms with Crippen LogP contribution in [0.15, 0.2) is 78.7 Å². The van der Waals surface area contributed by atoms with Crippen molar-refractivity contribution in [2.45, 2.75) is 44.7 Å². The van der Waals surface area contributed by atoms with E-state index in [1.165, 1.54) is 45.2 Å². The van der Waals surface area contributed by atoms with E-state index in [-0.39, 0.29) is 30.3 Å². The molecule has 0 radical (unpaired) electrons. The van der Waals surface area contributed by atoms with Crippen LogP contribution in [0.5, 0.6) is 0 Å². The fraction of sp³-hybridized carbons (Fsp3) is 0.278. The summed E-state index contributed by atoms with van der Waals surface area (Å²) >= 11 is 7.63. The van der Waals surface area contributed by atoms with Gasteiger partial charge in [0.25, 0.3) is 6.33 Å². The number of halogens is 3. The van der Waals surface area contributed by atoms with E-state index in [4.69, 9.17) is 31.3 Å². The molecule has 2 heterocycles. The Hall–Kier alpha value is -5.27. The number of carbonyl (C=O) groups excluding carboxylic acids is 2. The van der Waals surface area contributed by atoms with Crippen LogP contribution in [-0.2, 0) is 33.0 Å². The molecular formula is C36H35ClF2N7O5S+. The zero-order valence-corrected chi connectivity index (χ0v) is 30.2. The van der Waals surface area contributed by atoms with Gasteiger partial charge in [0.2, 0.25) is 12.6 Å². The Morgan fingerprint density at radius 1 is 1.19 bits per heavy atom. The van der Waals surface area contributed by atoms with Gasteiger partial charge in [-0.25, -0.2) is 18.6 Å². The van der Waals surface area contributed by atoms with Crippen LogP contribution in [0, 0.1) is 23.0 Å². The average molecular weight is 751 g/mol. The number of ether oxygens (including phenoxy) is 2. The largest absolute Gasteiger partial charge is 0.460 e. The normalized spacial score (nSPS) is 13.4. The van der Waals surface area contributed by atoms with Crippen molar-refractivity contribution in [3.05, 3.63) is 117 Å². The van der Waals surface area contributed by atoms with Crippen LogP contribution in [0.1, 0.15) is 47.7 Å². The molecule has 52 heavy (non-hydrogen) atoms. The van der Waals surface area contributed by atoms with E-state index in [0.717, 1.165) is 23.8 Å². The Labute approximate surface area is 307 Å². The molecule has 0 spiro atoms. The van der Waals surface area contributed by atoms with Crippen LogP contribution in [0.2, 0.25) is 5.02 Å². The summed E-state index contributed by atoms with van der Waals surface area (Å²) in [6.07, 6.45) is 1.16. The summed E-state index contributed by atoms with van der Waals surface area (Å²) in [7, 11) is 3.09. The van der Waals surface area contributed by atoms with Gasteiger partial charge < -0.3 is 19.9 Å². The summed E-state index contributed by atoms with van der Waals surface area (Å²) in [5, 5.41) is 31.0. The number of anilines is 1. The minimum atomic E-state index is -2.05. The lowest BCUT2D eigenvalue weighted by atomic mass is 9.82. The first kappa shape index (κ1) is 38.0. The number of nitriles is 1. The zero-order chi connectivity index (χ0) is 37.6. The maximum Gasteiger partial charge on any atom is 0.416 e. The number of benzene rings is 3. The molecule has 0 saturated heterocycles. The summed E-state index contributed by atoms with van der Waals surface area (Å²) < 4.78 is 43.6. The first-order chi connectivity index (χ1) is 24.8. The molecule has 3 unspecified atom stereocenters. The van der Waals surface area contributed by atoms with Crippen LogP contribution in [0.25, 0.3) is 11.3 Å². The molecule has 3 atom stereocenters. The van der Waals surface area contributed by atoms with Crippen molar-refractivity contribution in [3.63, 3.8) is 0 Å². The van der Waals surface area contributed by atoms with Crippen LogP contribution < -0.4 is 14.8 Å². The van der Waals surface area contributed by atoms with E-state index in [1.807, 2.05) is 0 Å². The fourth-order valence-electron chi connectivity index (χ4n) is 5.42. The lowest BCUT2D eigenvalue weighted by Crippen LogP contribution is -2.42. The maximum absolute atomic E-state index is 15.4. The summed E-state index contributed by atoms with van der Waals surface area (Å²) in [5.41, 5.74) is 0.271. The molecule has 3 aromatic carbocycles. The molecule has 0 aliphatic heterocycles. The molecule has 5 rings (SSSR count). The van der Waals surface area contributed by atoms with Crippen LogP contribution in [0.3, 0.4) is 0 Å². The van der Waals surface area contributed by atoms with E-state index in [2.05, 4.69) is 16.5 Å². The van der Waals surface area contributed by atoms with Gasteiger partial charge in [-0.15, -0.1) is 16.0 Å². The van der Waals surface area contributed by atoms with Gasteiger partial charge >= 0.3 is 12.1 Å². The molecule has 5 aromatic rings. The molecule has 0 fully saturated rings. The minimum absolute atomic E-state index is 0.000677. The first-order valence-electron chi connectivity index (χ1n) is 15.9. The number of nitrogens with zero attached hydrogens (tertiary/aromatic N) is 6. The molecule has 0 aliphatic carbocycles. The highest BCUT2D eigenvalue weighted by Gasteiger charge is 2.43. The topological polar surface area (TPSA) is 146 Å². The number of likely N-dealkylation sites (N-methyl/N-ethyl adjacent to an activating group) is 1. The third kappa shape index (κ3) is 8.43. The van der Waals surface area contributed by atoms with E-state index >= 15 is 4.39 Å². The number of aliphatic hydroxyl groups is 1. The van der Waals surface area contributed by atoms with Gasteiger partial charge in [0.05, 0.1) is 34.6 Å². The van der Waals surface area contributed by atoms with E-state index in [0.29, 0.717) is 27.5 Å². The second-order valence-electron chi connectivity index (χ2n) is 11.9. The number of amides is 1. The van der Waals surface area contributed by atoms with Crippen molar-refractivity contribution in [1.82, 2.24) is 20.1 Å². The lowest BCUT2D eigenvalue weighted by Gasteiger charge is -2.32. The van der Waals surface area contributed by atoms with Crippen LogP contribution in [0.4, 0.5) is 19.3 Å². The van der Waals surface area contributed by atoms with Gasteiger partial charge in [0, 0.05) is 52.1 Å². The smallest absolute Gasteiger partial charge is 0.416 e. The van der Waals surface area contributed by atoms with Crippen molar-refractivity contribution in [2.24, 2.45) is 0 Å². The Bertz CT molecular complexity index is 2110. The summed E-state index contributed by atoms with van der Waals surface area (Å²) in [4.78, 5) is 31.1. The highest BCUT2D eigenvalue weighted by atomic mass is 35.5. The second-order valence-corrected chi connectivity index (χ2v) is 13.2. The van der Waals surface area contributed by atoms with E-state index < -0.39 is 41.4 Å². The monoisotopic (exact) mass is 750 g/mol. The third-order valence-electron chi connectivity index (χ3n) is 8.44. The van der Waals surface area contributed by atoms with Gasteiger partial charge in [0.15, 0.2) is 0 Å². The van der Waals surface area contributed by atoms with Crippen molar-refractivity contribution in [1.29, 1.82) is 5.26 Å². The standard InChI is InChI=1S/C36H35ClF2N7O5S/c1-22(34-43-31(18-52-34)25-10-8-24(15-40)9-11-25)36(49,28-14-26(38)12-13-30(28)39)19-46-21-45(20-42-46)23(2)51-35(48)44(4)32-7-5-6-29(37)27(32)17-50-33(47)16-41-3/h5-14,18,20-23,41,49H,16-17,19H2,1-4H3/q+1.